The van der Waals surface area contributed by atoms with Gasteiger partial charge in [0.1, 0.15) is 5.01 Å². The van der Waals surface area contributed by atoms with Crippen molar-refractivity contribution in [2.45, 2.75) is 6.54 Å². The number of piperazine rings is 1. The number of hydrogen-bond donors (Lipinski definition) is 0. The fourth-order valence-electron chi connectivity index (χ4n) is 3.03. The van der Waals surface area contributed by atoms with Gasteiger partial charge < -0.3 is 4.90 Å². The zero-order valence-electron chi connectivity index (χ0n) is 14.4. The van der Waals surface area contributed by atoms with Crippen LogP contribution in [0.25, 0.3) is 10.6 Å². The minimum atomic E-state index is -0.996. The Kier molecular flexibility index (Phi) is 5.29. The molecule has 4 nitrogen and oxygen atoms in total. The van der Waals surface area contributed by atoms with E-state index in [1.165, 1.54) is 10.9 Å². The van der Waals surface area contributed by atoms with Gasteiger partial charge in [-0.25, -0.2) is 13.8 Å². The van der Waals surface area contributed by atoms with Crippen LogP contribution in [0.3, 0.4) is 0 Å². The molecular weight excluding hydrogens is 388 g/mol. The van der Waals surface area contributed by atoms with E-state index in [1.54, 1.807) is 27.6 Å². The van der Waals surface area contributed by atoms with Crippen molar-refractivity contribution in [3.05, 3.63) is 63.3 Å². The average Bonchev–Trinajstić information content (AvgIpc) is 3.36. The predicted molar refractivity (Wildman–Crippen MR) is 103 cm³/mol. The molecule has 0 radical (unpaired) electrons. The van der Waals surface area contributed by atoms with Gasteiger partial charge in [0.25, 0.3) is 5.91 Å². The lowest BCUT2D eigenvalue weighted by Gasteiger charge is -2.34. The summed E-state index contributed by atoms with van der Waals surface area (Å²) < 4.78 is 26.4. The van der Waals surface area contributed by atoms with Crippen LogP contribution < -0.4 is 0 Å². The van der Waals surface area contributed by atoms with Gasteiger partial charge >= 0.3 is 0 Å². The summed E-state index contributed by atoms with van der Waals surface area (Å²) in [5, 5.41) is 5.17. The number of carbonyl (C=O) groups is 1. The van der Waals surface area contributed by atoms with Gasteiger partial charge in [-0.1, -0.05) is 6.07 Å². The predicted octanol–water partition coefficient (Wildman–Crippen LogP) is 4.11. The molecule has 0 bridgehead atoms. The number of carbonyl (C=O) groups excluding carboxylic acids is 1. The third-order valence-corrected chi connectivity index (χ3v) is 6.24. The molecule has 0 saturated carbocycles. The summed E-state index contributed by atoms with van der Waals surface area (Å²) in [6.07, 6.45) is 0. The van der Waals surface area contributed by atoms with E-state index in [-0.39, 0.29) is 11.5 Å². The topological polar surface area (TPSA) is 36.4 Å². The van der Waals surface area contributed by atoms with Crippen molar-refractivity contribution in [1.29, 1.82) is 0 Å². The summed E-state index contributed by atoms with van der Waals surface area (Å²) >= 11 is 3.32. The molecule has 1 amide bonds. The first-order valence-corrected chi connectivity index (χ1v) is 10.3. The highest BCUT2D eigenvalue weighted by Gasteiger charge is 2.23. The molecule has 27 heavy (non-hydrogen) atoms. The van der Waals surface area contributed by atoms with Crippen LogP contribution >= 0.6 is 22.7 Å². The van der Waals surface area contributed by atoms with Crippen LogP contribution in [-0.4, -0.2) is 46.9 Å². The van der Waals surface area contributed by atoms with Crippen LogP contribution in [0.2, 0.25) is 0 Å². The van der Waals surface area contributed by atoms with Gasteiger partial charge in [0.05, 0.1) is 17.1 Å². The maximum atomic E-state index is 13.4. The van der Waals surface area contributed by atoms with E-state index in [0.29, 0.717) is 13.1 Å². The highest BCUT2D eigenvalue weighted by atomic mass is 32.1. The second-order valence-corrected chi connectivity index (χ2v) is 8.19. The van der Waals surface area contributed by atoms with Gasteiger partial charge in [-0.05, 0) is 29.6 Å². The van der Waals surface area contributed by atoms with Crippen LogP contribution in [0.4, 0.5) is 8.78 Å². The van der Waals surface area contributed by atoms with Crippen molar-refractivity contribution >= 4 is 28.6 Å². The molecule has 3 aromatic rings. The molecule has 1 aromatic carbocycles. The minimum Gasteiger partial charge on any atom is -0.336 e. The van der Waals surface area contributed by atoms with E-state index < -0.39 is 11.6 Å². The average molecular weight is 405 g/mol. The first-order valence-electron chi connectivity index (χ1n) is 8.55. The van der Waals surface area contributed by atoms with Gasteiger partial charge in [0, 0.05) is 37.1 Å². The van der Waals surface area contributed by atoms with Crippen LogP contribution in [0.5, 0.6) is 0 Å². The second-order valence-electron chi connectivity index (χ2n) is 6.30. The van der Waals surface area contributed by atoms with E-state index in [4.69, 9.17) is 4.98 Å². The summed E-state index contributed by atoms with van der Waals surface area (Å²) in [4.78, 5) is 22.3. The van der Waals surface area contributed by atoms with E-state index in [0.717, 1.165) is 42.5 Å². The molecule has 1 fully saturated rings. The number of amides is 1. The molecule has 0 unspecified atom stereocenters. The number of rotatable bonds is 4. The van der Waals surface area contributed by atoms with E-state index in [9.17, 15) is 13.6 Å². The maximum Gasteiger partial charge on any atom is 0.254 e. The number of nitrogens with zero attached hydrogens (tertiary/aromatic N) is 3. The Bertz CT molecular complexity index is 934. The second kappa shape index (κ2) is 7.84. The van der Waals surface area contributed by atoms with Crippen LogP contribution in [0.1, 0.15) is 15.4 Å². The van der Waals surface area contributed by atoms with Gasteiger partial charge in [0.2, 0.25) is 0 Å². The van der Waals surface area contributed by atoms with Crippen molar-refractivity contribution in [3.63, 3.8) is 0 Å². The molecule has 8 heteroatoms. The third-order valence-electron chi connectivity index (χ3n) is 4.51. The Morgan fingerprint density at radius 3 is 2.59 bits per heavy atom. The largest absolute Gasteiger partial charge is 0.336 e. The molecule has 0 spiro atoms. The molecule has 4 rings (SSSR count). The zero-order valence-corrected chi connectivity index (χ0v) is 16.0. The molecular formula is C19H17F2N3OS2. The van der Waals surface area contributed by atoms with Crippen molar-refractivity contribution in [3.8, 4) is 10.6 Å². The highest BCUT2D eigenvalue weighted by molar-refractivity contribution is 7.14. The molecule has 0 atom stereocenters. The standard InChI is InChI=1S/C19H17F2N3OS2/c20-14-4-3-13(10-15(14)21)19(25)24-7-5-23(6-8-24)11-18-22-16(12-27-18)17-2-1-9-26-17/h1-4,9-10,12H,5-8,11H2. The van der Waals surface area contributed by atoms with Crippen LogP contribution in [0, 0.1) is 11.6 Å². The number of thiophene rings is 1. The lowest BCUT2D eigenvalue weighted by atomic mass is 10.1. The van der Waals surface area contributed by atoms with Crippen molar-refractivity contribution in [2.24, 2.45) is 0 Å². The van der Waals surface area contributed by atoms with E-state index in [1.807, 2.05) is 11.4 Å². The summed E-state index contributed by atoms with van der Waals surface area (Å²) in [6.45, 7) is 3.32. The SMILES string of the molecule is O=C(c1ccc(F)c(F)c1)N1CCN(Cc2nc(-c3cccs3)cs2)CC1. The Balaban J connectivity index is 1.33. The number of halogens is 2. The number of thiazole rings is 1. The molecule has 0 N–H and O–H groups in total. The third kappa shape index (κ3) is 4.07. The molecule has 140 valence electrons. The lowest BCUT2D eigenvalue weighted by Crippen LogP contribution is -2.48. The first-order chi connectivity index (χ1) is 13.1. The normalized spacial score (nSPS) is 15.3. The summed E-state index contributed by atoms with van der Waals surface area (Å²) in [5.74, 6) is -2.20. The quantitative estimate of drug-likeness (QED) is 0.656. The highest BCUT2D eigenvalue weighted by Crippen LogP contribution is 2.26. The summed E-state index contributed by atoms with van der Waals surface area (Å²) in [5.41, 5.74) is 1.19. The van der Waals surface area contributed by atoms with E-state index in [2.05, 4.69) is 16.3 Å². The van der Waals surface area contributed by atoms with Crippen molar-refractivity contribution in [2.75, 3.05) is 26.2 Å². The summed E-state index contributed by atoms with van der Waals surface area (Å²) in [7, 11) is 0. The Hall–Kier alpha value is -2.16. The van der Waals surface area contributed by atoms with Crippen molar-refractivity contribution < 1.29 is 13.6 Å². The van der Waals surface area contributed by atoms with Crippen LogP contribution in [-0.2, 0) is 6.54 Å². The van der Waals surface area contributed by atoms with Crippen molar-refractivity contribution in [1.82, 2.24) is 14.8 Å². The molecule has 1 aliphatic heterocycles. The zero-order chi connectivity index (χ0) is 18.8. The van der Waals surface area contributed by atoms with Crippen LogP contribution in [0.15, 0.2) is 41.1 Å². The Labute approximate surface area is 163 Å². The minimum absolute atomic E-state index is 0.183. The molecule has 0 aliphatic carbocycles. The lowest BCUT2D eigenvalue weighted by molar-refractivity contribution is 0.0628. The summed E-state index contributed by atoms with van der Waals surface area (Å²) in [6, 6.07) is 7.36. The van der Waals surface area contributed by atoms with E-state index >= 15 is 0 Å². The Morgan fingerprint density at radius 2 is 1.89 bits per heavy atom. The molecule has 3 heterocycles. The molecule has 1 aliphatic rings. The maximum absolute atomic E-state index is 13.4. The Morgan fingerprint density at radius 1 is 1.07 bits per heavy atom. The van der Waals surface area contributed by atoms with Gasteiger partial charge in [-0.2, -0.15) is 0 Å². The number of benzene rings is 1. The molecule has 2 aromatic heterocycles. The smallest absolute Gasteiger partial charge is 0.254 e. The first kappa shape index (κ1) is 18.2. The molecule has 1 saturated heterocycles. The number of hydrogen-bond acceptors (Lipinski definition) is 5. The fraction of sp³-hybridized carbons (Fsp3) is 0.263. The monoisotopic (exact) mass is 405 g/mol. The fourth-order valence-corrected chi connectivity index (χ4v) is 4.63. The number of aromatic nitrogens is 1. The van der Waals surface area contributed by atoms with Gasteiger partial charge in [-0.3, -0.25) is 9.69 Å². The van der Waals surface area contributed by atoms with Gasteiger partial charge in [0.15, 0.2) is 11.6 Å². The van der Waals surface area contributed by atoms with Gasteiger partial charge in [-0.15, -0.1) is 22.7 Å².